The van der Waals surface area contributed by atoms with Crippen LogP contribution in [0.3, 0.4) is 0 Å². The van der Waals surface area contributed by atoms with Crippen LogP contribution < -0.4 is 4.90 Å². The summed E-state index contributed by atoms with van der Waals surface area (Å²) in [6, 6.07) is 14.6. The number of hydrogen-bond donors (Lipinski definition) is 0. The van der Waals surface area contributed by atoms with Crippen molar-refractivity contribution in [1.29, 1.82) is 0 Å². The second kappa shape index (κ2) is 8.97. The van der Waals surface area contributed by atoms with Crippen molar-refractivity contribution >= 4 is 22.9 Å². The molecule has 0 aliphatic heterocycles. The molecule has 1 amide bonds. The molecule has 0 bridgehead atoms. The summed E-state index contributed by atoms with van der Waals surface area (Å²) in [6.45, 7) is 3.18. The molecule has 0 radical (unpaired) electrons. The number of carbonyl (C=O) groups excluding carboxylic acids is 1. The number of halogens is 1. The lowest BCUT2D eigenvalue weighted by Gasteiger charge is -2.21. The number of amides is 1. The van der Waals surface area contributed by atoms with Gasteiger partial charge in [0.1, 0.15) is 10.8 Å². The Hall–Kier alpha value is -2.73. The second-order valence-corrected chi connectivity index (χ2v) is 7.66. The van der Waals surface area contributed by atoms with E-state index in [4.69, 9.17) is 0 Å². The van der Waals surface area contributed by atoms with Gasteiger partial charge in [0.2, 0.25) is 5.91 Å². The molecule has 1 aromatic heterocycles. The predicted molar refractivity (Wildman–Crippen MR) is 113 cm³/mol. The molecule has 2 aromatic carbocycles. The number of thiazole rings is 1. The minimum absolute atomic E-state index is 0.0373. The maximum atomic E-state index is 13.4. The summed E-state index contributed by atoms with van der Waals surface area (Å²) in [5, 5.41) is 2.60. The summed E-state index contributed by atoms with van der Waals surface area (Å²) < 4.78 is 13.4. The lowest BCUT2D eigenvalue weighted by Crippen LogP contribution is -2.31. The third kappa shape index (κ3) is 4.95. The van der Waals surface area contributed by atoms with E-state index in [0.717, 1.165) is 27.5 Å². The first-order valence-electron chi connectivity index (χ1n) is 9.20. The van der Waals surface area contributed by atoms with Crippen molar-refractivity contribution in [2.45, 2.75) is 19.9 Å². The van der Waals surface area contributed by atoms with Gasteiger partial charge in [0.05, 0.1) is 12.1 Å². The fourth-order valence-corrected chi connectivity index (χ4v) is 3.72. The highest BCUT2D eigenvalue weighted by Gasteiger charge is 2.15. The van der Waals surface area contributed by atoms with E-state index in [1.54, 1.807) is 6.07 Å². The van der Waals surface area contributed by atoms with Crippen molar-refractivity contribution in [2.24, 2.45) is 0 Å². The Morgan fingerprint density at radius 2 is 1.89 bits per heavy atom. The Morgan fingerprint density at radius 1 is 1.14 bits per heavy atom. The molecule has 28 heavy (non-hydrogen) atoms. The van der Waals surface area contributed by atoms with Crippen molar-refractivity contribution in [3.63, 3.8) is 0 Å². The Bertz CT molecular complexity index is 937. The van der Waals surface area contributed by atoms with Crippen LogP contribution in [0.15, 0.2) is 53.9 Å². The molecule has 0 spiro atoms. The van der Waals surface area contributed by atoms with Gasteiger partial charge < -0.3 is 9.80 Å². The fourth-order valence-electron chi connectivity index (χ4n) is 2.91. The van der Waals surface area contributed by atoms with Crippen LogP contribution in [0.4, 0.5) is 10.1 Å². The smallest absolute Gasteiger partial charge is 0.228 e. The molecule has 3 aromatic rings. The Balaban J connectivity index is 1.65. The van der Waals surface area contributed by atoms with E-state index in [0.29, 0.717) is 13.1 Å². The lowest BCUT2D eigenvalue weighted by molar-refractivity contribution is -0.130. The van der Waals surface area contributed by atoms with Crippen molar-refractivity contribution in [1.82, 2.24) is 9.88 Å². The molecule has 4 nitrogen and oxygen atoms in total. The summed E-state index contributed by atoms with van der Waals surface area (Å²) in [4.78, 5) is 21.1. The third-order valence-electron chi connectivity index (χ3n) is 4.52. The molecule has 6 heteroatoms. The van der Waals surface area contributed by atoms with E-state index in [1.807, 2.05) is 42.3 Å². The summed E-state index contributed by atoms with van der Waals surface area (Å²) in [7, 11) is 4.01. The van der Waals surface area contributed by atoms with E-state index >= 15 is 0 Å². The van der Waals surface area contributed by atoms with Crippen molar-refractivity contribution in [3.8, 4) is 10.6 Å². The zero-order valence-electron chi connectivity index (χ0n) is 16.4. The van der Waals surface area contributed by atoms with Gasteiger partial charge in [-0.1, -0.05) is 24.3 Å². The molecule has 3 rings (SSSR count). The first kappa shape index (κ1) is 20.0. The summed E-state index contributed by atoms with van der Waals surface area (Å²) in [6.07, 6.45) is 0.245. The molecule has 0 aliphatic rings. The van der Waals surface area contributed by atoms with Crippen molar-refractivity contribution in [2.75, 3.05) is 25.5 Å². The molecule has 0 saturated heterocycles. The predicted octanol–water partition coefficient (Wildman–Crippen LogP) is 4.61. The summed E-state index contributed by atoms with van der Waals surface area (Å²) in [5.41, 5.74) is 3.68. The number of aromatic nitrogens is 1. The summed E-state index contributed by atoms with van der Waals surface area (Å²) in [5.74, 6) is -0.252. The fraction of sp³-hybridized carbons (Fsp3) is 0.273. The first-order chi connectivity index (χ1) is 13.5. The van der Waals surface area contributed by atoms with E-state index < -0.39 is 0 Å². The average molecular weight is 398 g/mol. The van der Waals surface area contributed by atoms with Gasteiger partial charge >= 0.3 is 0 Å². The zero-order valence-corrected chi connectivity index (χ0v) is 17.2. The van der Waals surface area contributed by atoms with E-state index in [9.17, 15) is 9.18 Å². The topological polar surface area (TPSA) is 36.4 Å². The summed E-state index contributed by atoms with van der Waals surface area (Å²) >= 11 is 1.43. The SMILES string of the molecule is CCN(Cc1ccc(N(C)C)cc1)C(=O)Cc1csc(-c2cccc(F)c2)n1. The first-order valence-corrected chi connectivity index (χ1v) is 10.1. The highest BCUT2D eigenvalue weighted by atomic mass is 32.1. The van der Waals surface area contributed by atoms with E-state index in [2.05, 4.69) is 29.2 Å². The van der Waals surface area contributed by atoms with Crippen molar-refractivity contribution in [3.05, 3.63) is 71.0 Å². The zero-order chi connectivity index (χ0) is 20.1. The number of anilines is 1. The van der Waals surface area contributed by atoms with Crippen LogP contribution in [0.1, 0.15) is 18.2 Å². The number of benzene rings is 2. The molecule has 146 valence electrons. The minimum Gasteiger partial charge on any atom is -0.378 e. The van der Waals surface area contributed by atoms with Crippen LogP contribution >= 0.6 is 11.3 Å². The van der Waals surface area contributed by atoms with Gasteiger partial charge in [0.15, 0.2) is 0 Å². The molecule has 0 unspecified atom stereocenters. The lowest BCUT2D eigenvalue weighted by atomic mass is 10.1. The van der Waals surface area contributed by atoms with Crippen LogP contribution in [0.5, 0.6) is 0 Å². The van der Waals surface area contributed by atoms with Gasteiger partial charge in [-0.15, -0.1) is 11.3 Å². The molecule has 0 N–H and O–H groups in total. The van der Waals surface area contributed by atoms with Gasteiger partial charge in [0.25, 0.3) is 0 Å². The highest BCUT2D eigenvalue weighted by molar-refractivity contribution is 7.13. The Kier molecular flexibility index (Phi) is 6.41. The quantitative estimate of drug-likeness (QED) is 0.584. The monoisotopic (exact) mass is 397 g/mol. The number of nitrogens with zero attached hydrogens (tertiary/aromatic N) is 3. The van der Waals surface area contributed by atoms with E-state index in [1.165, 1.54) is 23.5 Å². The molecule has 1 heterocycles. The number of rotatable bonds is 7. The highest BCUT2D eigenvalue weighted by Crippen LogP contribution is 2.24. The van der Waals surface area contributed by atoms with Crippen LogP contribution in [-0.4, -0.2) is 36.4 Å². The third-order valence-corrected chi connectivity index (χ3v) is 5.46. The molecule has 0 saturated carbocycles. The normalized spacial score (nSPS) is 10.7. The van der Waals surface area contributed by atoms with Crippen LogP contribution in [-0.2, 0) is 17.8 Å². The van der Waals surface area contributed by atoms with Gasteiger partial charge in [0, 0.05) is 43.8 Å². The number of carbonyl (C=O) groups is 1. The van der Waals surface area contributed by atoms with Gasteiger partial charge in [-0.25, -0.2) is 9.37 Å². The van der Waals surface area contributed by atoms with Gasteiger partial charge in [-0.2, -0.15) is 0 Å². The van der Waals surface area contributed by atoms with Crippen molar-refractivity contribution < 1.29 is 9.18 Å². The minimum atomic E-state index is -0.289. The molecule has 0 fully saturated rings. The van der Waals surface area contributed by atoms with Crippen LogP contribution in [0.2, 0.25) is 0 Å². The van der Waals surface area contributed by atoms with Gasteiger partial charge in [-0.3, -0.25) is 4.79 Å². The second-order valence-electron chi connectivity index (χ2n) is 6.80. The maximum absolute atomic E-state index is 13.4. The van der Waals surface area contributed by atoms with Crippen LogP contribution in [0.25, 0.3) is 10.6 Å². The number of likely N-dealkylation sites (N-methyl/N-ethyl adjacent to an activating group) is 1. The average Bonchev–Trinajstić information content (AvgIpc) is 3.15. The van der Waals surface area contributed by atoms with Gasteiger partial charge in [-0.05, 0) is 36.8 Å². The molecule has 0 atom stereocenters. The molecule has 0 aliphatic carbocycles. The van der Waals surface area contributed by atoms with E-state index in [-0.39, 0.29) is 18.1 Å². The number of hydrogen-bond acceptors (Lipinski definition) is 4. The standard InChI is InChI=1S/C22H24FN3OS/c1-4-26(14-16-8-10-20(11-9-16)25(2)3)21(27)13-19-15-28-22(24-19)17-6-5-7-18(23)12-17/h5-12,15H,4,13-14H2,1-3H3. The Morgan fingerprint density at radius 3 is 2.54 bits per heavy atom. The Labute approximate surface area is 169 Å². The largest absolute Gasteiger partial charge is 0.378 e. The van der Waals surface area contributed by atoms with Crippen LogP contribution in [0, 0.1) is 5.82 Å². The molecular weight excluding hydrogens is 373 g/mol. The molecular formula is C22H24FN3OS. The maximum Gasteiger partial charge on any atom is 0.228 e.